The number of aryl methyl sites for hydroxylation is 1. The first-order valence-corrected chi connectivity index (χ1v) is 6.67. The average Bonchev–Trinajstić information content (AvgIpc) is 2.52. The van der Waals surface area contributed by atoms with Gasteiger partial charge in [0.1, 0.15) is 12.1 Å². The van der Waals surface area contributed by atoms with Crippen LogP contribution in [0.1, 0.15) is 24.5 Å². The number of nitrogens with zero attached hydrogens (tertiary/aromatic N) is 3. The van der Waals surface area contributed by atoms with E-state index in [9.17, 15) is 0 Å². The molecule has 0 aromatic carbocycles. The molecule has 106 valence electrons. The van der Waals surface area contributed by atoms with Gasteiger partial charge in [-0.25, -0.2) is 15.8 Å². The van der Waals surface area contributed by atoms with E-state index in [0.717, 1.165) is 24.8 Å². The molecule has 0 spiro atoms. The minimum Gasteiger partial charge on any atom is -0.477 e. The first kappa shape index (κ1) is 14.2. The second kappa shape index (κ2) is 7.40. The first-order chi connectivity index (χ1) is 9.85. The monoisotopic (exact) mass is 273 g/mol. The molecule has 0 radical (unpaired) electrons. The molecular formula is C14H19N5O. The van der Waals surface area contributed by atoms with E-state index in [2.05, 4.69) is 20.4 Å². The molecule has 3 N–H and O–H groups in total. The third-order valence-electron chi connectivity index (χ3n) is 2.99. The molecule has 0 aliphatic rings. The van der Waals surface area contributed by atoms with Crippen LogP contribution in [-0.4, -0.2) is 21.6 Å². The lowest BCUT2D eigenvalue weighted by Gasteiger charge is -2.11. The zero-order valence-corrected chi connectivity index (χ0v) is 11.5. The largest absolute Gasteiger partial charge is 0.477 e. The van der Waals surface area contributed by atoms with Crippen molar-refractivity contribution in [1.82, 2.24) is 15.0 Å². The summed E-state index contributed by atoms with van der Waals surface area (Å²) in [6.45, 7) is 2.62. The van der Waals surface area contributed by atoms with Crippen molar-refractivity contribution in [3.8, 4) is 5.88 Å². The van der Waals surface area contributed by atoms with Crippen LogP contribution in [0.2, 0.25) is 0 Å². The molecule has 2 rings (SSSR count). The zero-order chi connectivity index (χ0) is 14.2. The SMILES string of the molecule is CCc1c(NN)ncnc1OCCCc1ccncc1. The molecule has 0 aliphatic carbocycles. The molecule has 0 bridgehead atoms. The number of aromatic nitrogens is 3. The fourth-order valence-electron chi connectivity index (χ4n) is 1.96. The molecule has 2 aromatic rings. The van der Waals surface area contributed by atoms with Crippen LogP contribution in [0.25, 0.3) is 0 Å². The van der Waals surface area contributed by atoms with Crippen LogP contribution in [0.15, 0.2) is 30.9 Å². The number of nitrogen functional groups attached to an aromatic ring is 1. The number of hydrogen-bond acceptors (Lipinski definition) is 6. The number of hydrogen-bond donors (Lipinski definition) is 2. The lowest BCUT2D eigenvalue weighted by molar-refractivity contribution is 0.295. The predicted octanol–water partition coefficient (Wildman–Crippen LogP) is 1.73. The van der Waals surface area contributed by atoms with Gasteiger partial charge in [0, 0.05) is 12.4 Å². The van der Waals surface area contributed by atoms with Gasteiger partial charge in [-0.2, -0.15) is 0 Å². The molecule has 6 nitrogen and oxygen atoms in total. The van der Waals surface area contributed by atoms with E-state index in [0.29, 0.717) is 18.3 Å². The Labute approximate surface area is 118 Å². The minimum atomic E-state index is 0.602. The number of ether oxygens (including phenoxy) is 1. The van der Waals surface area contributed by atoms with Crippen molar-refractivity contribution >= 4 is 5.82 Å². The van der Waals surface area contributed by atoms with Gasteiger partial charge in [0.2, 0.25) is 5.88 Å². The molecule has 0 saturated heterocycles. The maximum absolute atomic E-state index is 5.73. The highest BCUT2D eigenvalue weighted by molar-refractivity contribution is 5.47. The molecule has 0 fully saturated rings. The van der Waals surface area contributed by atoms with E-state index in [1.807, 2.05) is 19.1 Å². The summed E-state index contributed by atoms with van der Waals surface area (Å²) in [5.74, 6) is 6.64. The number of pyridine rings is 1. The summed E-state index contributed by atoms with van der Waals surface area (Å²) >= 11 is 0. The van der Waals surface area contributed by atoms with Gasteiger partial charge in [-0.1, -0.05) is 6.92 Å². The lowest BCUT2D eigenvalue weighted by atomic mass is 10.1. The van der Waals surface area contributed by atoms with Crippen LogP contribution in [0.5, 0.6) is 5.88 Å². The molecular weight excluding hydrogens is 254 g/mol. The van der Waals surface area contributed by atoms with Gasteiger partial charge in [-0.15, -0.1) is 0 Å². The molecule has 0 unspecified atom stereocenters. The third-order valence-corrected chi connectivity index (χ3v) is 2.99. The van der Waals surface area contributed by atoms with E-state index in [-0.39, 0.29) is 0 Å². The number of nitrogens with two attached hydrogens (primary N) is 1. The standard InChI is InChI=1S/C14H19N5O/c1-2-12-13(19-15)17-10-18-14(12)20-9-3-4-11-5-7-16-8-6-11/h5-8,10H,2-4,9,15H2,1H3,(H,17,18,19). The Morgan fingerprint density at radius 1 is 1.25 bits per heavy atom. The first-order valence-electron chi connectivity index (χ1n) is 6.67. The molecule has 2 aromatic heterocycles. The van der Waals surface area contributed by atoms with Gasteiger partial charge >= 0.3 is 0 Å². The summed E-state index contributed by atoms with van der Waals surface area (Å²) < 4.78 is 5.73. The van der Waals surface area contributed by atoms with Crippen molar-refractivity contribution in [3.05, 3.63) is 42.0 Å². The maximum Gasteiger partial charge on any atom is 0.221 e. The summed E-state index contributed by atoms with van der Waals surface area (Å²) in [6, 6.07) is 4.03. The van der Waals surface area contributed by atoms with Crippen LogP contribution in [-0.2, 0) is 12.8 Å². The number of hydrazine groups is 1. The zero-order valence-electron chi connectivity index (χ0n) is 11.5. The molecule has 0 aliphatic heterocycles. The van der Waals surface area contributed by atoms with E-state index in [4.69, 9.17) is 10.6 Å². The topological polar surface area (TPSA) is 86.0 Å². The van der Waals surface area contributed by atoms with Crippen LogP contribution in [0.4, 0.5) is 5.82 Å². The number of rotatable bonds is 7. The lowest BCUT2D eigenvalue weighted by Crippen LogP contribution is -2.13. The summed E-state index contributed by atoms with van der Waals surface area (Å²) in [5.41, 5.74) is 4.72. The fraction of sp³-hybridized carbons (Fsp3) is 0.357. The smallest absolute Gasteiger partial charge is 0.221 e. The van der Waals surface area contributed by atoms with Crippen molar-refractivity contribution < 1.29 is 4.74 Å². The van der Waals surface area contributed by atoms with Crippen molar-refractivity contribution in [1.29, 1.82) is 0 Å². The Bertz CT molecular complexity index is 532. The van der Waals surface area contributed by atoms with Crippen molar-refractivity contribution in [3.63, 3.8) is 0 Å². The van der Waals surface area contributed by atoms with Crippen LogP contribution in [0.3, 0.4) is 0 Å². The molecule has 0 atom stereocenters. The van der Waals surface area contributed by atoms with Gasteiger partial charge in [-0.05, 0) is 37.0 Å². The molecule has 20 heavy (non-hydrogen) atoms. The van der Waals surface area contributed by atoms with Gasteiger partial charge in [0.05, 0.1) is 12.2 Å². The van der Waals surface area contributed by atoms with Gasteiger partial charge < -0.3 is 10.2 Å². The van der Waals surface area contributed by atoms with E-state index in [1.54, 1.807) is 12.4 Å². The minimum absolute atomic E-state index is 0.602. The summed E-state index contributed by atoms with van der Waals surface area (Å²) in [5, 5.41) is 0. The molecule has 0 amide bonds. The quantitative estimate of drug-likeness (QED) is 0.454. The molecule has 0 saturated carbocycles. The van der Waals surface area contributed by atoms with Crippen molar-refractivity contribution in [2.75, 3.05) is 12.0 Å². The van der Waals surface area contributed by atoms with Crippen LogP contribution in [0, 0.1) is 0 Å². The average molecular weight is 273 g/mol. The van der Waals surface area contributed by atoms with E-state index < -0.39 is 0 Å². The van der Waals surface area contributed by atoms with E-state index >= 15 is 0 Å². The Morgan fingerprint density at radius 2 is 2.05 bits per heavy atom. The molecule has 2 heterocycles. The van der Waals surface area contributed by atoms with Gasteiger partial charge in [0.15, 0.2) is 0 Å². The summed E-state index contributed by atoms with van der Waals surface area (Å²) in [4.78, 5) is 12.2. The third kappa shape index (κ3) is 3.64. The second-order valence-corrected chi connectivity index (χ2v) is 4.31. The Balaban J connectivity index is 1.88. The summed E-state index contributed by atoms with van der Waals surface area (Å²) in [6.07, 6.45) is 7.69. The highest BCUT2D eigenvalue weighted by atomic mass is 16.5. The number of nitrogens with one attached hydrogen (secondary N) is 1. The summed E-state index contributed by atoms with van der Waals surface area (Å²) in [7, 11) is 0. The highest BCUT2D eigenvalue weighted by Crippen LogP contribution is 2.21. The Hall–Kier alpha value is -2.21. The van der Waals surface area contributed by atoms with Crippen LogP contribution < -0.4 is 16.0 Å². The van der Waals surface area contributed by atoms with E-state index in [1.165, 1.54) is 11.9 Å². The van der Waals surface area contributed by atoms with Crippen molar-refractivity contribution in [2.24, 2.45) is 5.84 Å². The fourth-order valence-corrected chi connectivity index (χ4v) is 1.96. The predicted molar refractivity (Wildman–Crippen MR) is 77.3 cm³/mol. The van der Waals surface area contributed by atoms with Crippen LogP contribution >= 0.6 is 0 Å². The Kier molecular flexibility index (Phi) is 5.25. The van der Waals surface area contributed by atoms with Crippen molar-refractivity contribution in [2.45, 2.75) is 26.2 Å². The second-order valence-electron chi connectivity index (χ2n) is 4.31. The molecule has 6 heteroatoms. The maximum atomic E-state index is 5.73. The normalized spacial score (nSPS) is 10.3. The van der Waals surface area contributed by atoms with Gasteiger partial charge in [-0.3, -0.25) is 4.98 Å². The Morgan fingerprint density at radius 3 is 2.75 bits per heavy atom. The van der Waals surface area contributed by atoms with Gasteiger partial charge in [0.25, 0.3) is 0 Å². The number of anilines is 1. The highest BCUT2D eigenvalue weighted by Gasteiger charge is 2.09.